The molecule has 0 radical (unpaired) electrons. The average Bonchev–Trinajstić information content (AvgIpc) is 2.98. The molecule has 1 aromatic rings. The lowest BCUT2D eigenvalue weighted by Gasteiger charge is -2.17. The van der Waals surface area contributed by atoms with Crippen LogP contribution in [0, 0.1) is 5.41 Å². The van der Waals surface area contributed by atoms with Crippen LogP contribution >= 0.6 is 0 Å². The van der Waals surface area contributed by atoms with E-state index >= 15 is 0 Å². The maximum Gasteiger partial charge on any atom is 0.137 e. The van der Waals surface area contributed by atoms with E-state index in [-0.39, 0.29) is 5.41 Å². The lowest BCUT2D eigenvalue weighted by atomic mass is 9.96. The Bertz CT molecular complexity index is 347. The number of aromatic nitrogens is 1. The minimum absolute atomic E-state index is 0.0620. The Kier molecular flexibility index (Phi) is 2.65. The van der Waals surface area contributed by atoms with E-state index in [1.807, 2.05) is 13.0 Å². The van der Waals surface area contributed by atoms with E-state index in [4.69, 9.17) is 4.74 Å². The van der Waals surface area contributed by atoms with Crippen molar-refractivity contribution in [2.45, 2.75) is 32.8 Å². The van der Waals surface area contributed by atoms with Crippen LogP contribution < -0.4 is 4.74 Å². The van der Waals surface area contributed by atoms with E-state index in [1.165, 1.54) is 0 Å². The largest absolute Gasteiger partial charge is 0.492 e. The van der Waals surface area contributed by atoms with Crippen LogP contribution in [0.4, 0.5) is 0 Å². The van der Waals surface area contributed by atoms with Gasteiger partial charge in [-0.05, 0) is 31.2 Å². The van der Waals surface area contributed by atoms with Gasteiger partial charge in [-0.3, -0.25) is 4.98 Å². The van der Waals surface area contributed by atoms with Gasteiger partial charge in [-0.15, -0.1) is 0 Å². The number of hydrogen-bond donors (Lipinski definition) is 1. The zero-order valence-corrected chi connectivity index (χ0v) is 9.23. The number of pyridine rings is 1. The molecule has 1 atom stereocenters. The summed E-state index contributed by atoms with van der Waals surface area (Å²) in [7, 11) is 0. The van der Waals surface area contributed by atoms with Crippen LogP contribution in [-0.2, 0) is 0 Å². The Hall–Kier alpha value is -1.09. The Labute approximate surface area is 90.1 Å². The molecule has 1 N–H and O–H groups in total. The van der Waals surface area contributed by atoms with Crippen LogP contribution in [0.1, 0.15) is 38.4 Å². The molecule has 1 aliphatic carbocycles. The van der Waals surface area contributed by atoms with Crippen molar-refractivity contribution < 1.29 is 9.84 Å². The Morgan fingerprint density at radius 2 is 2.27 bits per heavy atom. The number of nitrogens with zero attached hydrogens (tertiary/aromatic N) is 1. The van der Waals surface area contributed by atoms with Gasteiger partial charge in [0.15, 0.2) is 0 Å². The van der Waals surface area contributed by atoms with Gasteiger partial charge in [0.05, 0.1) is 18.9 Å². The fourth-order valence-electron chi connectivity index (χ4n) is 1.70. The van der Waals surface area contributed by atoms with Crippen LogP contribution in [0.2, 0.25) is 0 Å². The zero-order valence-electron chi connectivity index (χ0n) is 9.23. The fourth-order valence-corrected chi connectivity index (χ4v) is 1.70. The Morgan fingerprint density at radius 1 is 1.53 bits per heavy atom. The van der Waals surface area contributed by atoms with Crippen molar-refractivity contribution in [3.8, 4) is 5.75 Å². The van der Waals surface area contributed by atoms with E-state index in [0.29, 0.717) is 6.61 Å². The first-order chi connectivity index (χ1) is 7.15. The molecule has 3 heteroatoms. The molecule has 1 aromatic heterocycles. The van der Waals surface area contributed by atoms with Gasteiger partial charge in [0.1, 0.15) is 5.75 Å². The highest BCUT2D eigenvalue weighted by atomic mass is 16.5. The third-order valence-electron chi connectivity index (χ3n) is 3.06. The molecule has 2 rings (SSSR count). The predicted molar refractivity (Wildman–Crippen MR) is 57.7 cm³/mol. The molecule has 0 aliphatic heterocycles. The predicted octanol–water partition coefficient (Wildman–Crippen LogP) is 2.31. The summed E-state index contributed by atoms with van der Waals surface area (Å²) < 4.78 is 5.36. The zero-order chi connectivity index (χ0) is 10.9. The molecule has 82 valence electrons. The maximum absolute atomic E-state index is 10.1. The third-order valence-corrected chi connectivity index (χ3v) is 3.06. The second-order valence-electron chi connectivity index (χ2n) is 4.44. The van der Waals surface area contributed by atoms with Gasteiger partial charge in [0.25, 0.3) is 0 Å². The topological polar surface area (TPSA) is 42.4 Å². The van der Waals surface area contributed by atoms with Crippen LogP contribution in [0.3, 0.4) is 0 Å². The molecule has 0 aromatic carbocycles. The summed E-state index contributed by atoms with van der Waals surface area (Å²) in [6, 6.07) is 1.88. The van der Waals surface area contributed by atoms with Crippen LogP contribution in [0.15, 0.2) is 18.5 Å². The second-order valence-corrected chi connectivity index (χ2v) is 4.44. The summed E-state index contributed by atoms with van der Waals surface area (Å²) in [5, 5.41) is 10.1. The Balaban J connectivity index is 2.17. The monoisotopic (exact) mass is 207 g/mol. The summed E-state index contributed by atoms with van der Waals surface area (Å²) in [5.41, 5.74) is 0.924. The van der Waals surface area contributed by atoms with Crippen molar-refractivity contribution in [2.24, 2.45) is 5.41 Å². The van der Waals surface area contributed by atoms with Crippen molar-refractivity contribution in [1.82, 2.24) is 4.98 Å². The lowest BCUT2D eigenvalue weighted by Crippen LogP contribution is -2.10. The summed E-state index contributed by atoms with van der Waals surface area (Å²) in [6.07, 6.45) is 5.16. The van der Waals surface area contributed by atoms with Gasteiger partial charge in [-0.2, -0.15) is 0 Å². The normalized spacial score (nSPS) is 19.7. The van der Waals surface area contributed by atoms with Gasteiger partial charge in [0, 0.05) is 11.8 Å². The van der Waals surface area contributed by atoms with Crippen molar-refractivity contribution in [2.75, 3.05) is 6.61 Å². The maximum atomic E-state index is 10.1. The first-order valence-electron chi connectivity index (χ1n) is 5.41. The lowest BCUT2D eigenvalue weighted by molar-refractivity contribution is 0.103. The molecule has 0 amide bonds. The molecular weight excluding hydrogens is 190 g/mol. The van der Waals surface area contributed by atoms with Crippen molar-refractivity contribution in [3.63, 3.8) is 0 Å². The van der Waals surface area contributed by atoms with Crippen LogP contribution in [0.5, 0.6) is 5.75 Å². The SMILES string of the molecule is CCOc1cncc(C(O)C2(C)CC2)c1. The molecule has 0 bridgehead atoms. The van der Waals surface area contributed by atoms with Crippen LogP contribution in [0.25, 0.3) is 0 Å². The third kappa shape index (κ3) is 2.12. The highest BCUT2D eigenvalue weighted by Gasteiger charge is 2.44. The number of ether oxygens (including phenoxy) is 1. The molecule has 15 heavy (non-hydrogen) atoms. The fraction of sp³-hybridized carbons (Fsp3) is 0.583. The van der Waals surface area contributed by atoms with Gasteiger partial charge < -0.3 is 9.84 Å². The van der Waals surface area contributed by atoms with Crippen molar-refractivity contribution in [1.29, 1.82) is 0 Å². The molecule has 1 heterocycles. The highest BCUT2D eigenvalue weighted by Crippen LogP contribution is 2.54. The van der Waals surface area contributed by atoms with Crippen molar-refractivity contribution >= 4 is 0 Å². The van der Waals surface area contributed by atoms with E-state index in [2.05, 4.69) is 11.9 Å². The summed E-state index contributed by atoms with van der Waals surface area (Å²) >= 11 is 0. The molecular formula is C12H17NO2. The van der Waals surface area contributed by atoms with Gasteiger partial charge in [0.2, 0.25) is 0 Å². The second kappa shape index (κ2) is 3.81. The number of aliphatic hydroxyl groups is 1. The number of rotatable bonds is 4. The molecule has 1 unspecified atom stereocenters. The first kappa shape index (κ1) is 10.4. The average molecular weight is 207 g/mol. The van der Waals surface area contributed by atoms with Crippen molar-refractivity contribution in [3.05, 3.63) is 24.0 Å². The first-order valence-corrected chi connectivity index (χ1v) is 5.41. The minimum atomic E-state index is -0.412. The molecule has 3 nitrogen and oxygen atoms in total. The molecule has 1 saturated carbocycles. The quantitative estimate of drug-likeness (QED) is 0.823. The standard InChI is InChI=1S/C12H17NO2/c1-3-15-10-6-9(7-13-8-10)11(14)12(2)4-5-12/h6-8,11,14H,3-5H2,1-2H3. The van der Waals surface area contributed by atoms with E-state index < -0.39 is 6.10 Å². The summed E-state index contributed by atoms with van der Waals surface area (Å²) in [5.74, 6) is 0.735. The molecule has 0 spiro atoms. The summed E-state index contributed by atoms with van der Waals surface area (Å²) in [6.45, 7) is 4.66. The van der Waals surface area contributed by atoms with E-state index in [0.717, 1.165) is 24.2 Å². The minimum Gasteiger partial charge on any atom is -0.492 e. The van der Waals surface area contributed by atoms with E-state index in [9.17, 15) is 5.11 Å². The van der Waals surface area contributed by atoms with Crippen LogP contribution in [-0.4, -0.2) is 16.7 Å². The van der Waals surface area contributed by atoms with Gasteiger partial charge >= 0.3 is 0 Å². The Morgan fingerprint density at radius 3 is 2.87 bits per heavy atom. The smallest absolute Gasteiger partial charge is 0.137 e. The number of hydrogen-bond acceptors (Lipinski definition) is 3. The molecule has 1 fully saturated rings. The number of aliphatic hydroxyl groups excluding tert-OH is 1. The molecule has 1 aliphatic rings. The molecule has 0 saturated heterocycles. The van der Waals surface area contributed by atoms with E-state index in [1.54, 1.807) is 12.4 Å². The van der Waals surface area contributed by atoms with Gasteiger partial charge in [-0.1, -0.05) is 6.92 Å². The summed E-state index contributed by atoms with van der Waals surface area (Å²) in [4.78, 5) is 4.08. The van der Waals surface area contributed by atoms with Gasteiger partial charge in [-0.25, -0.2) is 0 Å². The highest BCUT2D eigenvalue weighted by molar-refractivity contribution is 5.27.